The summed E-state index contributed by atoms with van der Waals surface area (Å²) < 4.78 is 36.2. The number of rotatable bonds is 7. The fourth-order valence-electron chi connectivity index (χ4n) is 3.67. The van der Waals surface area contributed by atoms with E-state index in [0.29, 0.717) is 29.2 Å². The van der Waals surface area contributed by atoms with Gasteiger partial charge in [-0.3, -0.25) is 9.69 Å². The molecular weight excluding hydrogens is 434 g/mol. The maximum atomic E-state index is 11.7. The van der Waals surface area contributed by atoms with Crippen LogP contribution in [0.1, 0.15) is 19.8 Å². The van der Waals surface area contributed by atoms with E-state index in [1.54, 1.807) is 35.1 Å². The molecule has 1 aromatic carbocycles. The molecule has 0 N–H and O–H groups in total. The smallest absolute Gasteiger partial charge is 0.302 e. The van der Waals surface area contributed by atoms with Crippen molar-refractivity contribution in [2.45, 2.75) is 30.8 Å². The highest BCUT2D eigenvalue weighted by Crippen LogP contribution is 2.26. The maximum Gasteiger partial charge on any atom is 0.302 e. The van der Waals surface area contributed by atoms with Crippen molar-refractivity contribution in [3.63, 3.8) is 0 Å². The normalized spacial score (nSPS) is 15.7. The Labute approximate surface area is 186 Å². The number of piperidine rings is 1. The molecule has 0 amide bonds. The number of carbonyl (C=O) groups excluding carboxylic acids is 1. The van der Waals surface area contributed by atoms with Crippen molar-refractivity contribution in [3.05, 3.63) is 36.8 Å². The summed E-state index contributed by atoms with van der Waals surface area (Å²) >= 11 is 0. The van der Waals surface area contributed by atoms with Gasteiger partial charge in [-0.05, 0) is 37.1 Å². The third-order valence-electron chi connectivity index (χ3n) is 5.36. The van der Waals surface area contributed by atoms with Crippen molar-refractivity contribution in [3.8, 4) is 11.6 Å². The van der Waals surface area contributed by atoms with Gasteiger partial charge in [-0.15, -0.1) is 0 Å². The molecule has 11 heteroatoms. The van der Waals surface area contributed by atoms with Gasteiger partial charge in [0.15, 0.2) is 15.5 Å². The number of likely N-dealkylation sites (tertiary alicyclic amines) is 1. The van der Waals surface area contributed by atoms with E-state index in [1.807, 2.05) is 0 Å². The van der Waals surface area contributed by atoms with Gasteiger partial charge in [-0.25, -0.2) is 23.1 Å². The highest BCUT2D eigenvalue weighted by atomic mass is 32.2. The van der Waals surface area contributed by atoms with Gasteiger partial charge >= 0.3 is 5.97 Å². The molecule has 0 atom stereocenters. The molecule has 2 aromatic heterocycles. The fraction of sp³-hybridized carbons (Fsp3) is 0.429. The molecule has 0 aliphatic carbocycles. The summed E-state index contributed by atoms with van der Waals surface area (Å²) in [5, 5.41) is 5.10. The number of sulfone groups is 1. The Morgan fingerprint density at radius 1 is 1.16 bits per heavy atom. The first-order valence-electron chi connectivity index (χ1n) is 10.3. The number of fused-ring (bicyclic) bond motifs is 1. The van der Waals surface area contributed by atoms with Crippen LogP contribution in [0, 0.1) is 0 Å². The minimum Gasteiger partial charge on any atom is -0.474 e. The lowest BCUT2D eigenvalue weighted by molar-refractivity contribution is -0.141. The molecule has 1 aliphatic rings. The molecule has 32 heavy (non-hydrogen) atoms. The Morgan fingerprint density at radius 2 is 1.88 bits per heavy atom. The second-order valence-corrected chi connectivity index (χ2v) is 9.75. The summed E-state index contributed by atoms with van der Waals surface area (Å²) in [6.07, 6.45) is 5.97. The molecule has 3 aromatic rings. The molecule has 10 nitrogen and oxygen atoms in total. The summed E-state index contributed by atoms with van der Waals surface area (Å²) in [7, 11) is -3.27. The van der Waals surface area contributed by atoms with Gasteiger partial charge in [0.05, 0.1) is 16.8 Å². The Morgan fingerprint density at radius 3 is 2.53 bits per heavy atom. The Kier molecular flexibility index (Phi) is 6.38. The molecule has 0 bridgehead atoms. The molecule has 1 saturated heterocycles. The Hall–Kier alpha value is -3.05. The first kappa shape index (κ1) is 22.2. The SMILES string of the molecule is CC(=O)OCCN1CCC(Oc2ncnc3c2cnn3-c2ccc(S(C)(=O)=O)cc2)CC1. The minimum absolute atomic E-state index is 0.0236. The van der Waals surface area contributed by atoms with Crippen LogP contribution in [-0.2, 0) is 19.4 Å². The molecule has 1 fully saturated rings. The lowest BCUT2D eigenvalue weighted by atomic mass is 10.1. The van der Waals surface area contributed by atoms with Crippen molar-refractivity contribution in [2.24, 2.45) is 0 Å². The van der Waals surface area contributed by atoms with E-state index < -0.39 is 9.84 Å². The zero-order valence-corrected chi connectivity index (χ0v) is 18.8. The lowest BCUT2D eigenvalue weighted by Gasteiger charge is -2.31. The summed E-state index contributed by atoms with van der Waals surface area (Å²) in [4.78, 5) is 22.0. The van der Waals surface area contributed by atoms with E-state index in [9.17, 15) is 13.2 Å². The van der Waals surface area contributed by atoms with E-state index in [4.69, 9.17) is 9.47 Å². The molecule has 0 spiro atoms. The van der Waals surface area contributed by atoms with Crippen molar-refractivity contribution in [2.75, 3.05) is 32.5 Å². The zero-order chi connectivity index (χ0) is 22.7. The number of esters is 1. The molecule has 1 aliphatic heterocycles. The summed E-state index contributed by atoms with van der Waals surface area (Å²) in [6, 6.07) is 6.48. The molecule has 0 radical (unpaired) electrons. The summed E-state index contributed by atoms with van der Waals surface area (Å²) in [5.74, 6) is 0.218. The van der Waals surface area contributed by atoms with Crippen LogP contribution in [0.3, 0.4) is 0 Å². The number of ether oxygens (including phenoxy) is 2. The Bertz CT molecular complexity index is 1200. The zero-order valence-electron chi connectivity index (χ0n) is 18.0. The van der Waals surface area contributed by atoms with Gasteiger partial charge in [0.1, 0.15) is 24.4 Å². The van der Waals surface area contributed by atoms with E-state index in [-0.39, 0.29) is 17.0 Å². The van der Waals surface area contributed by atoms with E-state index >= 15 is 0 Å². The lowest BCUT2D eigenvalue weighted by Crippen LogP contribution is -2.40. The van der Waals surface area contributed by atoms with E-state index in [1.165, 1.54) is 19.5 Å². The number of benzene rings is 1. The van der Waals surface area contributed by atoms with Gasteiger partial charge in [0, 0.05) is 32.8 Å². The Balaban J connectivity index is 1.44. The van der Waals surface area contributed by atoms with Crippen molar-refractivity contribution in [1.29, 1.82) is 0 Å². The summed E-state index contributed by atoms with van der Waals surface area (Å²) in [5.41, 5.74) is 1.28. The molecule has 0 unspecified atom stereocenters. The van der Waals surface area contributed by atoms with Crippen molar-refractivity contribution < 1.29 is 22.7 Å². The van der Waals surface area contributed by atoms with Crippen LogP contribution < -0.4 is 4.74 Å². The quantitative estimate of drug-likeness (QED) is 0.486. The summed E-state index contributed by atoms with van der Waals surface area (Å²) in [6.45, 7) is 4.24. The van der Waals surface area contributed by atoms with Crippen LogP contribution in [0.5, 0.6) is 5.88 Å². The molecule has 3 heterocycles. The van der Waals surface area contributed by atoms with Crippen LogP contribution in [0.4, 0.5) is 0 Å². The van der Waals surface area contributed by atoms with Crippen LogP contribution in [0.25, 0.3) is 16.7 Å². The monoisotopic (exact) mass is 459 g/mol. The highest BCUT2D eigenvalue weighted by molar-refractivity contribution is 7.90. The van der Waals surface area contributed by atoms with Crippen LogP contribution in [0.2, 0.25) is 0 Å². The third-order valence-corrected chi connectivity index (χ3v) is 6.49. The number of carbonyl (C=O) groups is 1. The standard InChI is InChI=1S/C21H25N5O5S/c1-15(27)30-12-11-25-9-7-17(8-10-25)31-21-19-13-24-26(20(19)22-14-23-21)16-3-5-18(6-4-16)32(2,28)29/h3-6,13-14,17H,7-12H2,1-2H3. The number of hydrogen-bond donors (Lipinski definition) is 0. The second kappa shape index (κ2) is 9.21. The molecule has 4 rings (SSSR count). The first-order chi connectivity index (χ1) is 15.3. The fourth-order valence-corrected chi connectivity index (χ4v) is 4.30. The van der Waals surface area contributed by atoms with Crippen LogP contribution in [-0.4, -0.2) is 77.6 Å². The van der Waals surface area contributed by atoms with Gasteiger partial charge < -0.3 is 9.47 Å². The van der Waals surface area contributed by atoms with Crippen molar-refractivity contribution >= 4 is 26.8 Å². The van der Waals surface area contributed by atoms with E-state index in [0.717, 1.165) is 32.5 Å². The van der Waals surface area contributed by atoms with Crippen LogP contribution in [0.15, 0.2) is 41.7 Å². The maximum absolute atomic E-state index is 11.7. The van der Waals surface area contributed by atoms with Gasteiger partial charge in [0.2, 0.25) is 5.88 Å². The van der Waals surface area contributed by atoms with Gasteiger partial charge in [-0.2, -0.15) is 5.10 Å². The molecule has 170 valence electrons. The number of nitrogens with zero attached hydrogens (tertiary/aromatic N) is 5. The van der Waals surface area contributed by atoms with Gasteiger partial charge in [0.25, 0.3) is 0 Å². The van der Waals surface area contributed by atoms with Crippen molar-refractivity contribution in [1.82, 2.24) is 24.6 Å². The van der Waals surface area contributed by atoms with Crippen LogP contribution >= 0.6 is 0 Å². The second-order valence-electron chi connectivity index (χ2n) is 7.74. The third kappa shape index (κ3) is 5.05. The topological polar surface area (TPSA) is 117 Å². The first-order valence-corrected chi connectivity index (χ1v) is 12.2. The highest BCUT2D eigenvalue weighted by Gasteiger charge is 2.22. The average Bonchev–Trinajstić information content (AvgIpc) is 3.19. The number of aromatic nitrogens is 4. The predicted octanol–water partition coefficient (Wildman–Crippen LogP) is 1.63. The molecule has 0 saturated carbocycles. The predicted molar refractivity (Wildman–Crippen MR) is 116 cm³/mol. The average molecular weight is 460 g/mol. The minimum atomic E-state index is -3.27. The van der Waals surface area contributed by atoms with E-state index in [2.05, 4.69) is 20.0 Å². The largest absolute Gasteiger partial charge is 0.474 e. The molecular formula is C21H25N5O5S. The van der Waals surface area contributed by atoms with Gasteiger partial charge in [-0.1, -0.05) is 0 Å². The number of hydrogen-bond acceptors (Lipinski definition) is 9.